The van der Waals surface area contributed by atoms with Crippen LogP contribution < -0.4 is 24.3 Å². The Morgan fingerprint density at radius 1 is 1.23 bits per heavy atom. The minimum Gasteiger partial charge on any atom is -0.485 e. The van der Waals surface area contributed by atoms with Gasteiger partial charge in [-0.25, -0.2) is 0 Å². The predicted molar refractivity (Wildman–Crippen MR) is 109 cm³/mol. The molecule has 5 rings (SSSR count). The largest absolute Gasteiger partial charge is 0.485 e. The SMILES string of the molecule is CC(=O)Oc1cccc(/C=c2\sc3nc([C@@H]4COc5ccccc5O4)nn3c2=O)c1. The summed E-state index contributed by atoms with van der Waals surface area (Å²) in [6, 6.07) is 14.3. The molecule has 3 heterocycles. The van der Waals surface area contributed by atoms with Crippen molar-refractivity contribution >= 4 is 28.3 Å². The van der Waals surface area contributed by atoms with Gasteiger partial charge in [0.1, 0.15) is 12.4 Å². The van der Waals surface area contributed by atoms with Crippen molar-refractivity contribution < 1.29 is 19.0 Å². The Morgan fingerprint density at radius 2 is 2.07 bits per heavy atom. The number of aromatic nitrogens is 3. The minimum atomic E-state index is -0.487. The summed E-state index contributed by atoms with van der Waals surface area (Å²) < 4.78 is 18.5. The van der Waals surface area contributed by atoms with E-state index in [1.807, 2.05) is 30.3 Å². The number of thiazole rings is 1. The second kappa shape index (κ2) is 7.27. The van der Waals surface area contributed by atoms with Gasteiger partial charge in [-0.2, -0.15) is 9.50 Å². The Hall–Kier alpha value is -3.72. The van der Waals surface area contributed by atoms with E-state index in [4.69, 9.17) is 14.2 Å². The van der Waals surface area contributed by atoms with Crippen molar-refractivity contribution in [3.63, 3.8) is 0 Å². The Labute approximate surface area is 174 Å². The maximum atomic E-state index is 12.8. The number of hydrogen-bond acceptors (Lipinski definition) is 8. The molecule has 0 bridgehead atoms. The Morgan fingerprint density at radius 3 is 2.87 bits per heavy atom. The standard InChI is InChI=1S/C21H15N3O5S/c1-12(25)28-14-6-4-5-13(9-14)10-18-20(26)24-21(30-18)22-19(23-24)17-11-27-15-7-2-3-8-16(15)29-17/h2-10,17H,11H2,1H3/b18-10-/t17-/m0/s1. The van der Waals surface area contributed by atoms with Gasteiger partial charge in [0.25, 0.3) is 5.56 Å². The Bertz CT molecular complexity index is 1380. The third-order valence-corrected chi connectivity index (χ3v) is 5.37. The molecule has 0 fully saturated rings. The quantitative estimate of drug-likeness (QED) is 0.370. The average molecular weight is 421 g/mol. The fraction of sp³-hybridized carbons (Fsp3) is 0.143. The summed E-state index contributed by atoms with van der Waals surface area (Å²) in [5.41, 5.74) is 0.458. The Balaban J connectivity index is 1.46. The maximum absolute atomic E-state index is 12.8. The molecule has 1 aliphatic heterocycles. The lowest BCUT2D eigenvalue weighted by molar-refractivity contribution is -0.131. The molecule has 1 atom stereocenters. The summed E-state index contributed by atoms with van der Waals surface area (Å²) in [6.45, 7) is 1.61. The highest BCUT2D eigenvalue weighted by molar-refractivity contribution is 7.15. The highest BCUT2D eigenvalue weighted by Crippen LogP contribution is 2.35. The zero-order valence-electron chi connectivity index (χ0n) is 15.8. The third kappa shape index (κ3) is 3.39. The van der Waals surface area contributed by atoms with Gasteiger partial charge in [0.2, 0.25) is 4.96 Å². The fourth-order valence-electron chi connectivity index (χ4n) is 3.12. The third-order valence-electron chi connectivity index (χ3n) is 4.41. The van der Waals surface area contributed by atoms with Crippen LogP contribution >= 0.6 is 11.3 Å². The molecule has 0 unspecified atom stereocenters. The summed E-state index contributed by atoms with van der Waals surface area (Å²) in [4.78, 5) is 28.8. The molecule has 0 N–H and O–H groups in total. The van der Waals surface area contributed by atoms with E-state index in [9.17, 15) is 9.59 Å². The van der Waals surface area contributed by atoms with Crippen LogP contribution in [0.15, 0.2) is 53.3 Å². The first-order valence-electron chi connectivity index (χ1n) is 9.15. The first-order chi connectivity index (χ1) is 14.6. The molecule has 150 valence electrons. The van der Waals surface area contributed by atoms with Crippen LogP contribution in [0.5, 0.6) is 17.2 Å². The molecule has 9 heteroatoms. The molecule has 8 nitrogen and oxygen atoms in total. The molecule has 2 aromatic carbocycles. The molecule has 30 heavy (non-hydrogen) atoms. The first-order valence-corrected chi connectivity index (χ1v) is 9.96. The van der Waals surface area contributed by atoms with Gasteiger partial charge in [0.05, 0.1) is 4.53 Å². The second-order valence-electron chi connectivity index (χ2n) is 6.61. The smallest absolute Gasteiger partial charge is 0.308 e. The van der Waals surface area contributed by atoms with Gasteiger partial charge in [-0.3, -0.25) is 9.59 Å². The minimum absolute atomic E-state index is 0.269. The van der Waals surface area contributed by atoms with Crippen molar-refractivity contribution in [1.29, 1.82) is 0 Å². The number of ether oxygens (including phenoxy) is 3. The number of nitrogens with zero attached hydrogens (tertiary/aromatic N) is 3. The molecule has 1 aliphatic rings. The molecule has 0 amide bonds. The van der Waals surface area contributed by atoms with Gasteiger partial charge in [-0.1, -0.05) is 35.6 Å². The number of fused-ring (bicyclic) bond motifs is 2. The van der Waals surface area contributed by atoms with E-state index in [2.05, 4.69) is 10.1 Å². The topological polar surface area (TPSA) is 92.0 Å². The van der Waals surface area contributed by atoms with Gasteiger partial charge < -0.3 is 14.2 Å². The van der Waals surface area contributed by atoms with Crippen LogP contribution in [0.2, 0.25) is 0 Å². The summed E-state index contributed by atoms with van der Waals surface area (Å²) >= 11 is 1.23. The molecule has 0 saturated heterocycles. The summed E-state index contributed by atoms with van der Waals surface area (Å²) in [5, 5.41) is 4.34. The molecule has 0 radical (unpaired) electrons. The van der Waals surface area contributed by atoms with Gasteiger partial charge in [-0.05, 0) is 35.9 Å². The average Bonchev–Trinajstić information content (AvgIpc) is 3.27. The molecular formula is C21H15N3O5S. The number of para-hydroxylation sites is 2. The molecule has 2 aromatic heterocycles. The zero-order chi connectivity index (χ0) is 20.7. The van der Waals surface area contributed by atoms with Crippen LogP contribution in [0.1, 0.15) is 24.4 Å². The van der Waals surface area contributed by atoms with Crippen molar-refractivity contribution in [2.75, 3.05) is 6.61 Å². The molecule has 0 aliphatic carbocycles. The number of rotatable bonds is 3. The highest BCUT2D eigenvalue weighted by Gasteiger charge is 2.27. The summed E-state index contributed by atoms with van der Waals surface area (Å²) in [5.74, 6) is 1.71. The molecule has 4 aromatic rings. The highest BCUT2D eigenvalue weighted by atomic mass is 32.1. The van der Waals surface area contributed by atoms with Crippen LogP contribution in [0.3, 0.4) is 0 Å². The van der Waals surface area contributed by atoms with Gasteiger partial charge in [-0.15, -0.1) is 5.10 Å². The lowest BCUT2D eigenvalue weighted by atomic mass is 10.2. The van der Waals surface area contributed by atoms with Crippen LogP contribution in [-0.4, -0.2) is 27.2 Å². The van der Waals surface area contributed by atoms with E-state index in [0.717, 1.165) is 5.56 Å². The van der Waals surface area contributed by atoms with Crippen LogP contribution in [0.4, 0.5) is 0 Å². The summed E-state index contributed by atoms with van der Waals surface area (Å²) in [6.07, 6.45) is 1.23. The van der Waals surface area contributed by atoms with Crippen molar-refractivity contribution in [3.8, 4) is 17.2 Å². The van der Waals surface area contributed by atoms with E-state index in [1.165, 1.54) is 22.8 Å². The van der Waals surface area contributed by atoms with E-state index >= 15 is 0 Å². The second-order valence-corrected chi connectivity index (χ2v) is 7.62. The Kier molecular flexibility index (Phi) is 4.44. The number of carbonyl (C=O) groups excluding carboxylic acids is 1. The fourth-order valence-corrected chi connectivity index (χ4v) is 4.03. The predicted octanol–water partition coefficient (Wildman–Crippen LogP) is 2.14. The van der Waals surface area contributed by atoms with Gasteiger partial charge >= 0.3 is 5.97 Å². The lowest BCUT2D eigenvalue weighted by Crippen LogP contribution is -2.26. The van der Waals surface area contributed by atoms with E-state index < -0.39 is 12.1 Å². The van der Waals surface area contributed by atoms with E-state index in [1.54, 1.807) is 24.3 Å². The van der Waals surface area contributed by atoms with Crippen molar-refractivity contribution in [2.45, 2.75) is 13.0 Å². The normalized spacial score (nSPS) is 16.0. The molecule has 0 saturated carbocycles. The molecule has 0 spiro atoms. The number of hydrogen-bond donors (Lipinski definition) is 0. The van der Waals surface area contributed by atoms with Crippen molar-refractivity contribution in [3.05, 3.63) is 74.8 Å². The number of carbonyl (C=O) groups is 1. The maximum Gasteiger partial charge on any atom is 0.308 e. The zero-order valence-corrected chi connectivity index (χ0v) is 16.6. The summed E-state index contributed by atoms with van der Waals surface area (Å²) in [7, 11) is 0. The van der Waals surface area contributed by atoms with E-state index in [-0.39, 0.29) is 12.2 Å². The van der Waals surface area contributed by atoms with E-state index in [0.29, 0.717) is 32.6 Å². The lowest BCUT2D eigenvalue weighted by Gasteiger charge is -2.24. The number of benzene rings is 2. The van der Waals surface area contributed by atoms with Crippen molar-refractivity contribution in [2.24, 2.45) is 0 Å². The number of esters is 1. The van der Waals surface area contributed by atoms with Crippen LogP contribution in [0, 0.1) is 0 Å². The molecular weight excluding hydrogens is 406 g/mol. The van der Waals surface area contributed by atoms with Crippen LogP contribution in [0.25, 0.3) is 11.0 Å². The monoisotopic (exact) mass is 421 g/mol. The van der Waals surface area contributed by atoms with Gasteiger partial charge in [0, 0.05) is 6.92 Å². The van der Waals surface area contributed by atoms with Gasteiger partial charge in [0.15, 0.2) is 23.4 Å². The van der Waals surface area contributed by atoms with Crippen LogP contribution in [-0.2, 0) is 4.79 Å². The van der Waals surface area contributed by atoms with Crippen molar-refractivity contribution in [1.82, 2.24) is 14.6 Å². The first kappa shape index (κ1) is 18.3.